The second kappa shape index (κ2) is 3.12. The number of hydrogen-bond acceptors (Lipinski definition) is 4. The smallest absolute Gasteiger partial charge is 0.164 e. The standard InChI is InChI=1S/C5H11NO3/c7-5(8)2-6-1-4-3-9-4/h4-8H,1-3H2. The Morgan fingerprint density at radius 3 is 2.78 bits per heavy atom. The molecule has 0 aromatic rings. The number of ether oxygens (including phenoxy) is 1. The summed E-state index contributed by atoms with van der Waals surface area (Å²) in [6, 6.07) is 0. The summed E-state index contributed by atoms with van der Waals surface area (Å²) in [5.74, 6) is 0. The van der Waals surface area contributed by atoms with Gasteiger partial charge in [0.25, 0.3) is 0 Å². The van der Waals surface area contributed by atoms with Crippen LogP contribution in [0.1, 0.15) is 0 Å². The van der Waals surface area contributed by atoms with Crippen molar-refractivity contribution < 1.29 is 14.9 Å². The Morgan fingerprint density at radius 2 is 2.33 bits per heavy atom. The van der Waals surface area contributed by atoms with Crippen LogP contribution in [-0.2, 0) is 4.74 Å². The van der Waals surface area contributed by atoms with E-state index in [1.54, 1.807) is 0 Å². The Bertz CT molecular complexity index is 80.3. The first-order chi connectivity index (χ1) is 4.29. The Morgan fingerprint density at radius 1 is 1.67 bits per heavy atom. The van der Waals surface area contributed by atoms with E-state index in [9.17, 15) is 0 Å². The molecule has 0 bridgehead atoms. The van der Waals surface area contributed by atoms with Gasteiger partial charge in [-0.1, -0.05) is 0 Å². The molecule has 1 fully saturated rings. The summed E-state index contributed by atoms with van der Waals surface area (Å²) in [6.45, 7) is 1.74. The monoisotopic (exact) mass is 133 g/mol. The van der Waals surface area contributed by atoms with Gasteiger partial charge in [0, 0.05) is 13.1 Å². The summed E-state index contributed by atoms with van der Waals surface area (Å²) >= 11 is 0. The molecule has 1 atom stereocenters. The van der Waals surface area contributed by atoms with Gasteiger partial charge in [-0.15, -0.1) is 0 Å². The van der Waals surface area contributed by atoms with E-state index in [0.29, 0.717) is 6.10 Å². The Balaban J connectivity index is 1.81. The zero-order valence-electron chi connectivity index (χ0n) is 5.08. The highest BCUT2D eigenvalue weighted by Gasteiger charge is 2.21. The second-order valence-electron chi connectivity index (χ2n) is 2.09. The Kier molecular flexibility index (Phi) is 2.41. The van der Waals surface area contributed by atoms with Crippen molar-refractivity contribution in [3.63, 3.8) is 0 Å². The van der Waals surface area contributed by atoms with E-state index in [4.69, 9.17) is 14.9 Å². The average Bonchev–Trinajstić information content (AvgIpc) is 2.48. The molecule has 9 heavy (non-hydrogen) atoms. The third-order valence-electron chi connectivity index (χ3n) is 1.10. The fourth-order valence-electron chi connectivity index (χ4n) is 0.559. The molecule has 4 heteroatoms. The molecule has 1 rings (SSSR count). The molecule has 0 spiro atoms. The van der Waals surface area contributed by atoms with Gasteiger partial charge in [-0.25, -0.2) is 0 Å². The minimum atomic E-state index is -1.25. The van der Waals surface area contributed by atoms with Crippen LogP contribution in [0.5, 0.6) is 0 Å². The van der Waals surface area contributed by atoms with Crippen molar-refractivity contribution in [2.24, 2.45) is 0 Å². The summed E-state index contributed by atoms with van der Waals surface area (Å²) < 4.78 is 4.86. The van der Waals surface area contributed by atoms with Gasteiger partial charge in [0.2, 0.25) is 0 Å². The van der Waals surface area contributed by atoms with Gasteiger partial charge in [0.15, 0.2) is 6.29 Å². The molecule has 0 amide bonds. The molecule has 0 aromatic carbocycles. The number of nitrogens with one attached hydrogen (secondary N) is 1. The first-order valence-corrected chi connectivity index (χ1v) is 2.97. The van der Waals surface area contributed by atoms with Gasteiger partial charge < -0.3 is 20.3 Å². The lowest BCUT2D eigenvalue weighted by molar-refractivity contribution is -0.0371. The summed E-state index contributed by atoms with van der Waals surface area (Å²) in [5.41, 5.74) is 0. The summed E-state index contributed by atoms with van der Waals surface area (Å²) in [6.07, 6.45) is -0.938. The minimum absolute atomic E-state index is 0.222. The van der Waals surface area contributed by atoms with Gasteiger partial charge in [0.05, 0.1) is 12.7 Å². The number of epoxide rings is 1. The summed E-state index contributed by atoms with van der Waals surface area (Å²) in [4.78, 5) is 0. The fraction of sp³-hybridized carbons (Fsp3) is 1.00. The largest absolute Gasteiger partial charge is 0.372 e. The van der Waals surface area contributed by atoms with Crippen LogP contribution in [0, 0.1) is 0 Å². The molecule has 4 nitrogen and oxygen atoms in total. The van der Waals surface area contributed by atoms with Crippen molar-refractivity contribution in [1.29, 1.82) is 0 Å². The normalized spacial score (nSPS) is 25.0. The molecule has 3 N–H and O–H groups in total. The first-order valence-electron chi connectivity index (χ1n) is 2.97. The van der Waals surface area contributed by atoms with Crippen LogP contribution < -0.4 is 5.32 Å². The zero-order valence-corrected chi connectivity index (χ0v) is 5.08. The van der Waals surface area contributed by atoms with E-state index in [1.807, 2.05) is 0 Å². The van der Waals surface area contributed by atoms with Crippen LogP contribution >= 0.6 is 0 Å². The van der Waals surface area contributed by atoms with Gasteiger partial charge in [-0.3, -0.25) is 0 Å². The molecular weight excluding hydrogens is 122 g/mol. The van der Waals surface area contributed by atoms with Gasteiger partial charge in [0.1, 0.15) is 0 Å². The van der Waals surface area contributed by atoms with E-state index in [-0.39, 0.29) is 6.54 Å². The quantitative estimate of drug-likeness (QED) is 0.315. The lowest BCUT2D eigenvalue weighted by atomic mass is 10.4. The van der Waals surface area contributed by atoms with Crippen LogP contribution in [0.3, 0.4) is 0 Å². The van der Waals surface area contributed by atoms with Crippen LogP contribution in [0.4, 0.5) is 0 Å². The van der Waals surface area contributed by atoms with Crippen LogP contribution in [0.2, 0.25) is 0 Å². The zero-order chi connectivity index (χ0) is 6.69. The van der Waals surface area contributed by atoms with Crippen molar-refractivity contribution in [2.75, 3.05) is 19.7 Å². The third kappa shape index (κ3) is 3.42. The molecule has 0 aliphatic carbocycles. The third-order valence-corrected chi connectivity index (χ3v) is 1.10. The molecule has 1 aliphatic rings. The van der Waals surface area contributed by atoms with Crippen molar-refractivity contribution >= 4 is 0 Å². The lowest BCUT2D eigenvalue weighted by Crippen LogP contribution is -2.29. The average molecular weight is 133 g/mol. The SMILES string of the molecule is OC(O)CNCC1CO1. The maximum absolute atomic E-state index is 8.34. The number of aliphatic hydroxyl groups excluding tert-OH is 1. The van der Waals surface area contributed by atoms with E-state index in [1.165, 1.54) is 0 Å². The van der Waals surface area contributed by atoms with E-state index < -0.39 is 6.29 Å². The fourth-order valence-corrected chi connectivity index (χ4v) is 0.559. The molecule has 1 heterocycles. The number of rotatable bonds is 4. The number of hydrogen-bond donors (Lipinski definition) is 3. The van der Waals surface area contributed by atoms with Gasteiger partial charge in [-0.05, 0) is 0 Å². The summed E-state index contributed by atoms with van der Waals surface area (Å²) in [7, 11) is 0. The number of aliphatic hydroxyl groups is 2. The van der Waals surface area contributed by atoms with Crippen molar-refractivity contribution in [3.05, 3.63) is 0 Å². The van der Waals surface area contributed by atoms with Crippen molar-refractivity contribution in [3.8, 4) is 0 Å². The molecule has 0 radical (unpaired) electrons. The summed E-state index contributed by atoms with van der Waals surface area (Å²) in [5, 5.41) is 19.5. The topological polar surface area (TPSA) is 65.0 Å². The molecule has 0 aromatic heterocycles. The molecular formula is C5H11NO3. The highest BCUT2D eigenvalue weighted by molar-refractivity contribution is 4.71. The minimum Gasteiger partial charge on any atom is -0.372 e. The molecule has 54 valence electrons. The maximum Gasteiger partial charge on any atom is 0.164 e. The predicted octanol–water partition coefficient (Wildman–Crippen LogP) is -1.71. The molecule has 1 saturated heterocycles. The van der Waals surface area contributed by atoms with Crippen LogP contribution in [-0.4, -0.2) is 42.3 Å². The van der Waals surface area contributed by atoms with Crippen LogP contribution in [0.15, 0.2) is 0 Å². The van der Waals surface area contributed by atoms with Crippen molar-refractivity contribution in [2.45, 2.75) is 12.4 Å². The highest BCUT2D eigenvalue weighted by atomic mass is 16.6. The van der Waals surface area contributed by atoms with E-state index >= 15 is 0 Å². The van der Waals surface area contributed by atoms with E-state index in [2.05, 4.69) is 5.32 Å². The van der Waals surface area contributed by atoms with Gasteiger partial charge in [-0.2, -0.15) is 0 Å². The first kappa shape index (κ1) is 6.95. The molecule has 1 unspecified atom stereocenters. The molecule has 0 saturated carbocycles. The van der Waals surface area contributed by atoms with E-state index in [0.717, 1.165) is 13.2 Å². The van der Waals surface area contributed by atoms with Gasteiger partial charge >= 0.3 is 0 Å². The second-order valence-corrected chi connectivity index (χ2v) is 2.09. The lowest BCUT2D eigenvalue weighted by Gasteiger charge is -2.02. The highest BCUT2D eigenvalue weighted by Crippen LogP contribution is 2.05. The molecule has 1 aliphatic heterocycles. The van der Waals surface area contributed by atoms with Crippen LogP contribution in [0.25, 0.3) is 0 Å². The predicted molar refractivity (Wildman–Crippen MR) is 30.8 cm³/mol. The maximum atomic E-state index is 8.34. The Labute approximate surface area is 53.4 Å². The van der Waals surface area contributed by atoms with Crippen molar-refractivity contribution in [1.82, 2.24) is 5.32 Å². The Hall–Kier alpha value is -0.160.